The number of hydrogen-bond acceptors (Lipinski definition) is 6. The SMILES string of the molecule is N=C1C([N+](=O)[O-])=CC=C(Nc2ccc(CC=O)cc2)C1N. The number of nitrogens with two attached hydrogens (primary N) is 1. The largest absolute Gasteiger partial charge is 0.357 e. The van der Waals surface area contributed by atoms with E-state index in [2.05, 4.69) is 5.32 Å². The number of anilines is 1. The molecule has 0 fully saturated rings. The minimum Gasteiger partial charge on any atom is -0.357 e. The molecule has 7 nitrogen and oxygen atoms in total. The van der Waals surface area contributed by atoms with E-state index in [1.165, 1.54) is 12.2 Å². The molecule has 0 aromatic heterocycles. The Kier molecular flexibility index (Phi) is 4.24. The van der Waals surface area contributed by atoms with Gasteiger partial charge in [-0.15, -0.1) is 0 Å². The summed E-state index contributed by atoms with van der Waals surface area (Å²) in [6.07, 6.45) is 3.93. The predicted molar refractivity (Wildman–Crippen MR) is 78.7 cm³/mol. The van der Waals surface area contributed by atoms with Crippen molar-refractivity contribution in [1.82, 2.24) is 0 Å². The van der Waals surface area contributed by atoms with Gasteiger partial charge < -0.3 is 15.8 Å². The number of carbonyl (C=O) groups excluding carboxylic acids is 1. The molecule has 1 atom stereocenters. The van der Waals surface area contributed by atoms with Gasteiger partial charge >= 0.3 is 0 Å². The molecule has 1 aromatic carbocycles. The third-order valence-electron chi connectivity index (χ3n) is 3.10. The van der Waals surface area contributed by atoms with E-state index in [1.54, 1.807) is 24.3 Å². The highest BCUT2D eigenvalue weighted by atomic mass is 16.6. The van der Waals surface area contributed by atoms with Crippen LogP contribution in [-0.4, -0.2) is 23.0 Å². The molecule has 0 saturated heterocycles. The maximum Gasteiger partial charge on any atom is 0.292 e. The number of rotatable bonds is 5. The van der Waals surface area contributed by atoms with Crippen molar-refractivity contribution in [3.63, 3.8) is 0 Å². The van der Waals surface area contributed by atoms with E-state index in [9.17, 15) is 14.9 Å². The average molecular weight is 286 g/mol. The van der Waals surface area contributed by atoms with Gasteiger partial charge in [-0.25, -0.2) is 0 Å². The van der Waals surface area contributed by atoms with E-state index < -0.39 is 11.0 Å². The quantitative estimate of drug-likeness (QED) is 0.427. The summed E-state index contributed by atoms with van der Waals surface area (Å²) < 4.78 is 0. The summed E-state index contributed by atoms with van der Waals surface area (Å²) in [6, 6.07) is 6.29. The Morgan fingerprint density at radius 2 is 2.00 bits per heavy atom. The summed E-state index contributed by atoms with van der Waals surface area (Å²) in [5.74, 6) is 0. The first kappa shape index (κ1) is 14.6. The molecule has 2 rings (SSSR count). The highest BCUT2D eigenvalue weighted by molar-refractivity contribution is 6.03. The van der Waals surface area contributed by atoms with Crippen molar-refractivity contribution < 1.29 is 9.72 Å². The monoisotopic (exact) mass is 286 g/mol. The lowest BCUT2D eigenvalue weighted by molar-refractivity contribution is -0.415. The van der Waals surface area contributed by atoms with Gasteiger partial charge in [0.15, 0.2) is 0 Å². The molecule has 7 heteroatoms. The van der Waals surface area contributed by atoms with Gasteiger partial charge in [0.1, 0.15) is 12.0 Å². The first-order valence-electron chi connectivity index (χ1n) is 6.23. The highest BCUT2D eigenvalue weighted by Crippen LogP contribution is 2.19. The van der Waals surface area contributed by atoms with Crippen LogP contribution >= 0.6 is 0 Å². The highest BCUT2D eigenvalue weighted by Gasteiger charge is 2.29. The van der Waals surface area contributed by atoms with Gasteiger partial charge in [-0.1, -0.05) is 12.1 Å². The van der Waals surface area contributed by atoms with Crippen LogP contribution in [0, 0.1) is 15.5 Å². The van der Waals surface area contributed by atoms with E-state index >= 15 is 0 Å². The molecule has 0 amide bonds. The van der Waals surface area contributed by atoms with Crippen molar-refractivity contribution in [2.75, 3.05) is 5.32 Å². The molecule has 1 unspecified atom stereocenters. The van der Waals surface area contributed by atoms with Crippen LogP contribution in [0.4, 0.5) is 5.69 Å². The van der Waals surface area contributed by atoms with E-state index in [0.717, 1.165) is 17.5 Å². The van der Waals surface area contributed by atoms with Crippen LogP contribution in [0.15, 0.2) is 47.8 Å². The Hall–Kier alpha value is -2.80. The maximum absolute atomic E-state index is 10.7. The fourth-order valence-electron chi connectivity index (χ4n) is 1.94. The van der Waals surface area contributed by atoms with Crippen LogP contribution in [0.25, 0.3) is 0 Å². The molecular formula is C14H14N4O3. The Morgan fingerprint density at radius 1 is 1.33 bits per heavy atom. The fourth-order valence-corrected chi connectivity index (χ4v) is 1.94. The lowest BCUT2D eigenvalue weighted by Gasteiger charge is -2.20. The molecule has 108 valence electrons. The minimum absolute atomic E-state index is 0.234. The number of hydrogen-bond donors (Lipinski definition) is 3. The summed E-state index contributed by atoms with van der Waals surface area (Å²) in [5, 5.41) is 21.5. The Morgan fingerprint density at radius 3 is 2.57 bits per heavy atom. The van der Waals surface area contributed by atoms with Gasteiger partial charge in [0, 0.05) is 23.9 Å². The molecule has 4 N–H and O–H groups in total. The van der Waals surface area contributed by atoms with Crippen molar-refractivity contribution in [3.05, 3.63) is 63.5 Å². The maximum atomic E-state index is 10.7. The molecular weight excluding hydrogens is 272 g/mol. The number of carbonyl (C=O) groups is 1. The van der Waals surface area contributed by atoms with Crippen LogP contribution in [0.5, 0.6) is 0 Å². The normalized spacial score (nSPS) is 17.8. The molecule has 1 aliphatic carbocycles. The topological polar surface area (TPSA) is 122 Å². The molecule has 0 radical (unpaired) electrons. The predicted octanol–water partition coefficient (Wildman–Crippen LogP) is 1.25. The van der Waals surface area contributed by atoms with E-state index in [4.69, 9.17) is 11.1 Å². The molecule has 21 heavy (non-hydrogen) atoms. The zero-order valence-electron chi connectivity index (χ0n) is 11.1. The van der Waals surface area contributed by atoms with Crippen LogP contribution in [0.3, 0.4) is 0 Å². The standard InChI is InChI=1S/C14H14N4O3/c15-13-11(5-6-12(14(13)16)18(20)21)17-10-3-1-9(2-4-10)7-8-19/h1-6,8,13,16-17H,7,15H2. The Labute approximate surface area is 120 Å². The molecule has 0 heterocycles. The number of nitrogens with one attached hydrogen (secondary N) is 2. The van der Waals surface area contributed by atoms with Crippen molar-refractivity contribution in [2.45, 2.75) is 12.5 Å². The van der Waals surface area contributed by atoms with Crippen LogP contribution in [0.2, 0.25) is 0 Å². The summed E-state index contributed by atoms with van der Waals surface area (Å²) >= 11 is 0. The Balaban J connectivity index is 2.17. The molecule has 1 aromatic rings. The van der Waals surface area contributed by atoms with Crippen LogP contribution in [-0.2, 0) is 11.2 Å². The molecule has 0 aliphatic heterocycles. The second-order valence-electron chi connectivity index (χ2n) is 4.52. The third-order valence-corrected chi connectivity index (χ3v) is 3.10. The smallest absolute Gasteiger partial charge is 0.292 e. The molecule has 1 aliphatic rings. The van der Waals surface area contributed by atoms with Gasteiger partial charge in [-0.2, -0.15) is 0 Å². The molecule has 0 bridgehead atoms. The van der Waals surface area contributed by atoms with Crippen LogP contribution in [0.1, 0.15) is 5.56 Å². The van der Waals surface area contributed by atoms with Gasteiger partial charge in [0.25, 0.3) is 5.70 Å². The lowest BCUT2D eigenvalue weighted by Crippen LogP contribution is -2.39. The average Bonchev–Trinajstić information content (AvgIpc) is 2.46. The minimum atomic E-state index is -0.870. The third kappa shape index (κ3) is 3.21. The second kappa shape index (κ2) is 6.10. The summed E-state index contributed by atoms with van der Waals surface area (Å²) in [6.45, 7) is 0. The van der Waals surface area contributed by atoms with E-state index in [1.807, 2.05) is 0 Å². The van der Waals surface area contributed by atoms with Crippen LogP contribution < -0.4 is 11.1 Å². The molecule has 0 spiro atoms. The van der Waals surface area contributed by atoms with Crippen molar-refractivity contribution in [1.29, 1.82) is 5.41 Å². The second-order valence-corrected chi connectivity index (χ2v) is 4.52. The van der Waals surface area contributed by atoms with Crippen molar-refractivity contribution >= 4 is 17.7 Å². The van der Waals surface area contributed by atoms with E-state index in [-0.39, 0.29) is 11.4 Å². The number of nitrogens with zero attached hydrogens (tertiary/aromatic N) is 1. The lowest BCUT2D eigenvalue weighted by atomic mass is 10.0. The summed E-state index contributed by atoms with van der Waals surface area (Å²) in [4.78, 5) is 20.5. The summed E-state index contributed by atoms with van der Waals surface area (Å²) in [7, 11) is 0. The van der Waals surface area contributed by atoms with Gasteiger partial charge in [-0.3, -0.25) is 15.5 Å². The number of benzene rings is 1. The van der Waals surface area contributed by atoms with Crippen molar-refractivity contribution in [2.24, 2.45) is 5.73 Å². The zero-order valence-corrected chi connectivity index (χ0v) is 11.1. The number of aldehydes is 1. The van der Waals surface area contributed by atoms with Crippen molar-refractivity contribution in [3.8, 4) is 0 Å². The number of allylic oxidation sites excluding steroid dienone is 2. The number of nitro groups is 1. The first-order valence-corrected chi connectivity index (χ1v) is 6.23. The Bertz CT molecular complexity index is 647. The zero-order chi connectivity index (χ0) is 15.4. The molecule has 0 saturated carbocycles. The van der Waals surface area contributed by atoms with Gasteiger partial charge in [0.05, 0.1) is 11.0 Å². The van der Waals surface area contributed by atoms with Gasteiger partial charge in [0.2, 0.25) is 0 Å². The fraction of sp³-hybridized carbons (Fsp3) is 0.143. The van der Waals surface area contributed by atoms with Gasteiger partial charge in [-0.05, 0) is 23.8 Å². The first-order chi connectivity index (χ1) is 10.0. The van der Waals surface area contributed by atoms with E-state index in [0.29, 0.717) is 12.1 Å². The summed E-state index contributed by atoms with van der Waals surface area (Å²) in [5.41, 5.74) is 7.43.